The lowest BCUT2D eigenvalue weighted by atomic mass is 10.0. The highest BCUT2D eigenvalue weighted by atomic mass is 16.2. The highest BCUT2D eigenvalue weighted by Crippen LogP contribution is 2.28. The molecule has 3 heterocycles. The first-order valence-corrected chi connectivity index (χ1v) is 12.2. The van der Waals surface area contributed by atoms with Gasteiger partial charge in [-0.15, -0.1) is 5.10 Å². The van der Waals surface area contributed by atoms with Crippen LogP contribution >= 0.6 is 0 Å². The molecule has 35 heavy (non-hydrogen) atoms. The lowest BCUT2D eigenvalue weighted by molar-refractivity contribution is 0.0840. The van der Waals surface area contributed by atoms with Crippen molar-refractivity contribution in [2.45, 2.75) is 26.7 Å². The van der Waals surface area contributed by atoms with Crippen molar-refractivity contribution in [1.29, 1.82) is 0 Å². The number of hydrogen-bond acceptors (Lipinski definition) is 6. The van der Waals surface area contributed by atoms with Crippen molar-refractivity contribution in [2.75, 3.05) is 54.8 Å². The van der Waals surface area contributed by atoms with Crippen LogP contribution in [0.5, 0.6) is 0 Å². The molecule has 0 spiro atoms. The molecule has 0 saturated carbocycles. The standard InChI is InChI=1S/C27H32N6O2/c1-19-8-9-23(20(2)18-19)31-16-14-30(15-17-31)12-11-24(34)33-25-22(26(28)29-33)10-13-32(27(25)35)21-6-4-3-5-7-21/h3-9,18H,10-17H2,1-2H3,(H2,28,29). The molecule has 182 valence electrons. The SMILES string of the molecule is Cc1ccc(N2CCN(CCC(=O)n3nc(N)c4c3C(=O)N(c3ccccc3)CC4)CC2)c(C)c1. The number of carbonyl (C=O) groups is 2. The number of fused-ring (bicyclic) bond motifs is 1. The van der Waals surface area contributed by atoms with Crippen molar-refractivity contribution >= 4 is 29.0 Å². The van der Waals surface area contributed by atoms with E-state index < -0.39 is 0 Å². The van der Waals surface area contributed by atoms with Crippen LogP contribution in [0.25, 0.3) is 0 Å². The van der Waals surface area contributed by atoms with Crippen LogP contribution in [0.1, 0.15) is 38.4 Å². The van der Waals surface area contributed by atoms with E-state index in [2.05, 4.69) is 46.9 Å². The smallest absolute Gasteiger partial charge is 0.277 e. The minimum absolute atomic E-state index is 0.196. The molecule has 2 aliphatic heterocycles. The number of carbonyl (C=O) groups excluding carboxylic acids is 2. The first-order chi connectivity index (χ1) is 16.9. The topological polar surface area (TPSA) is 87.7 Å². The number of aromatic nitrogens is 2. The van der Waals surface area contributed by atoms with Gasteiger partial charge in [-0.2, -0.15) is 4.68 Å². The van der Waals surface area contributed by atoms with Gasteiger partial charge in [-0.05, 0) is 44.0 Å². The van der Waals surface area contributed by atoms with Gasteiger partial charge in [0.1, 0.15) is 11.5 Å². The molecule has 0 atom stereocenters. The number of anilines is 3. The lowest BCUT2D eigenvalue weighted by Crippen LogP contribution is -2.47. The van der Waals surface area contributed by atoms with Gasteiger partial charge in [0, 0.05) is 62.6 Å². The molecular formula is C27H32N6O2. The summed E-state index contributed by atoms with van der Waals surface area (Å²) in [5.74, 6) is -0.147. The Labute approximate surface area is 205 Å². The van der Waals surface area contributed by atoms with E-state index in [0.29, 0.717) is 30.8 Å². The van der Waals surface area contributed by atoms with Gasteiger partial charge in [0.15, 0.2) is 0 Å². The number of hydrogen-bond donors (Lipinski definition) is 1. The Bertz CT molecular complexity index is 1240. The molecule has 2 N–H and O–H groups in total. The normalized spacial score (nSPS) is 16.5. The molecule has 1 aromatic heterocycles. The molecule has 1 amide bonds. The Morgan fingerprint density at radius 1 is 1.00 bits per heavy atom. The van der Waals surface area contributed by atoms with Crippen molar-refractivity contribution in [3.8, 4) is 0 Å². The first kappa shape index (κ1) is 23.1. The maximum Gasteiger partial charge on any atom is 0.277 e. The Morgan fingerprint density at radius 3 is 2.46 bits per heavy atom. The Morgan fingerprint density at radius 2 is 1.74 bits per heavy atom. The van der Waals surface area contributed by atoms with Gasteiger partial charge in [0.25, 0.3) is 5.91 Å². The van der Waals surface area contributed by atoms with Crippen LogP contribution in [0.3, 0.4) is 0 Å². The zero-order chi connectivity index (χ0) is 24.5. The number of nitrogens with zero attached hydrogens (tertiary/aromatic N) is 5. The van der Waals surface area contributed by atoms with Gasteiger partial charge >= 0.3 is 0 Å². The fraction of sp³-hybridized carbons (Fsp3) is 0.370. The molecule has 0 aliphatic carbocycles. The molecule has 8 nitrogen and oxygen atoms in total. The number of amides is 1. The van der Waals surface area contributed by atoms with Gasteiger partial charge in [-0.3, -0.25) is 14.5 Å². The van der Waals surface area contributed by atoms with E-state index in [0.717, 1.165) is 31.9 Å². The second kappa shape index (κ2) is 9.54. The predicted octanol–water partition coefficient (Wildman–Crippen LogP) is 3.14. The minimum Gasteiger partial charge on any atom is -0.382 e. The highest BCUT2D eigenvalue weighted by Gasteiger charge is 2.34. The van der Waals surface area contributed by atoms with Crippen molar-refractivity contribution in [1.82, 2.24) is 14.7 Å². The zero-order valence-electron chi connectivity index (χ0n) is 20.4. The summed E-state index contributed by atoms with van der Waals surface area (Å²) in [5.41, 5.74) is 11.8. The third kappa shape index (κ3) is 4.53. The molecule has 0 bridgehead atoms. The average molecular weight is 473 g/mol. The monoisotopic (exact) mass is 472 g/mol. The van der Waals surface area contributed by atoms with Crippen molar-refractivity contribution < 1.29 is 9.59 Å². The second-order valence-corrected chi connectivity index (χ2v) is 9.43. The van der Waals surface area contributed by atoms with Crippen LogP contribution in [0.4, 0.5) is 17.2 Å². The summed E-state index contributed by atoms with van der Waals surface area (Å²) in [6.45, 7) is 9.04. The molecule has 5 rings (SSSR count). The van der Waals surface area contributed by atoms with E-state index in [-0.39, 0.29) is 24.1 Å². The van der Waals surface area contributed by atoms with E-state index >= 15 is 0 Å². The van der Waals surface area contributed by atoms with Crippen molar-refractivity contribution in [2.24, 2.45) is 0 Å². The second-order valence-electron chi connectivity index (χ2n) is 9.43. The lowest BCUT2D eigenvalue weighted by Gasteiger charge is -2.36. The predicted molar refractivity (Wildman–Crippen MR) is 138 cm³/mol. The van der Waals surface area contributed by atoms with Gasteiger partial charge in [-0.25, -0.2) is 0 Å². The summed E-state index contributed by atoms with van der Waals surface area (Å²) in [4.78, 5) is 32.9. The van der Waals surface area contributed by atoms with Gasteiger partial charge in [-0.1, -0.05) is 35.9 Å². The molecule has 3 aromatic rings. The molecule has 0 radical (unpaired) electrons. The maximum atomic E-state index is 13.3. The van der Waals surface area contributed by atoms with E-state index in [1.807, 2.05) is 30.3 Å². The minimum atomic E-state index is -0.225. The molecule has 2 aliphatic rings. The van der Waals surface area contributed by atoms with E-state index in [1.54, 1.807) is 4.90 Å². The summed E-state index contributed by atoms with van der Waals surface area (Å²) in [6, 6.07) is 16.1. The largest absolute Gasteiger partial charge is 0.382 e. The molecule has 1 fully saturated rings. The first-order valence-electron chi connectivity index (χ1n) is 12.2. The molecule has 1 saturated heterocycles. The van der Waals surface area contributed by atoms with Crippen LogP contribution in [-0.4, -0.2) is 65.8 Å². The fourth-order valence-corrected chi connectivity index (χ4v) is 5.15. The number of rotatable bonds is 5. The fourth-order valence-electron chi connectivity index (χ4n) is 5.15. The van der Waals surface area contributed by atoms with Gasteiger partial charge in [0.05, 0.1) is 0 Å². The van der Waals surface area contributed by atoms with E-state index in [1.165, 1.54) is 21.5 Å². The van der Waals surface area contributed by atoms with Crippen LogP contribution in [0.2, 0.25) is 0 Å². The Hall–Kier alpha value is -3.65. The average Bonchev–Trinajstić information content (AvgIpc) is 3.21. The summed E-state index contributed by atoms with van der Waals surface area (Å²) in [7, 11) is 0. The number of nitrogen functional groups attached to an aromatic ring is 1. The van der Waals surface area contributed by atoms with Crippen LogP contribution in [-0.2, 0) is 6.42 Å². The maximum absolute atomic E-state index is 13.3. The number of benzene rings is 2. The summed E-state index contributed by atoms with van der Waals surface area (Å²) in [6.07, 6.45) is 0.866. The molecular weight excluding hydrogens is 440 g/mol. The van der Waals surface area contributed by atoms with Gasteiger partial charge < -0.3 is 15.5 Å². The van der Waals surface area contributed by atoms with Crippen molar-refractivity contribution in [3.05, 3.63) is 70.9 Å². The summed E-state index contributed by atoms with van der Waals surface area (Å²) >= 11 is 0. The Kier molecular flexibility index (Phi) is 6.30. The van der Waals surface area contributed by atoms with E-state index in [9.17, 15) is 9.59 Å². The number of aryl methyl sites for hydroxylation is 2. The van der Waals surface area contributed by atoms with Crippen LogP contribution < -0.4 is 15.5 Å². The third-order valence-electron chi connectivity index (χ3n) is 7.06. The molecule has 8 heteroatoms. The number of piperazine rings is 1. The third-order valence-corrected chi connectivity index (χ3v) is 7.06. The van der Waals surface area contributed by atoms with Crippen molar-refractivity contribution in [3.63, 3.8) is 0 Å². The highest BCUT2D eigenvalue weighted by molar-refractivity contribution is 6.09. The molecule has 0 unspecified atom stereocenters. The Balaban J connectivity index is 1.23. The van der Waals surface area contributed by atoms with E-state index in [4.69, 9.17) is 5.73 Å². The summed E-state index contributed by atoms with van der Waals surface area (Å²) < 4.78 is 1.24. The van der Waals surface area contributed by atoms with Crippen LogP contribution in [0.15, 0.2) is 48.5 Å². The van der Waals surface area contributed by atoms with Gasteiger partial charge in [0.2, 0.25) is 5.91 Å². The number of para-hydroxylation sites is 1. The quantitative estimate of drug-likeness (QED) is 0.614. The molecule has 2 aromatic carbocycles. The summed E-state index contributed by atoms with van der Waals surface area (Å²) in [5, 5.41) is 4.27. The zero-order valence-corrected chi connectivity index (χ0v) is 20.4. The number of nitrogens with two attached hydrogens (primary N) is 1. The van der Waals surface area contributed by atoms with Crippen LogP contribution in [0, 0.1) is 13.8 Å².